The van der Waals surface area contributed by atoms with Crippen molar-refractivity contribution in [1.29, 1.82) is 0 Å². The summed E-state index contributed by atoms with van der Waals surface area (Å²) in [6.45, 7) is 0. The molecule has 2 aliphatic carbocycles. The molecular weight excluding hydrogens is 326 g/mol. The van der Waals surface area contributed by atoms with E-state index in [0.717, 1.165) is 44.9 Å². The summed E-state index contributed by atoms with van der Waals surface area (Å²) >= 11 is 0. The van der Waals surface area contributed by atoms with Gasteiger partial charge in [-0.25, -0.2) is 0 Å². The van der Waals surface area contributed by atoms with Crippen LogP contribution in [0.4, 0.5) is 0 Å². The predicted molar refractivity (Wildman–Crippen MR) is 100 cm³/mol. The van der Waals surface area contributed by atoms with Gasteiger partial charge in [0.25, 0.3) is 0 Å². The number of carbonyl (C=O) groups is 2. The molecule has 26 heavy (non-hydrogen) atoms. The van der Waals surface area contributed by atoms with Crippen LogP contribution < -0.4 is 11.1 Å². The first-order valence-corrected chi connectivity index (χ1v) is 9.33. The van der Waals surface area contributed by atoms with Crippen molar-refractivity contribution >= 4 is 11.8 Å². The molecule has 136 valence electrons. The van der Waals surface area contributed by atoms with Crippen molar-refractivity contribution < 1.29 is 9.59 Å². The first-order chi connectivity index (χ1) is 12.6. The van der Waals surface area contributed by atoms with E-state index in [4.69, 9.17) is 5.73 Å². The van der Waals surface area contributed by atoms with Crippen molar-refractivity contribution in [3.63, 3.8) is 0 Å². The Morgan fingerprint density at radius 2 is 2.00 bits per heavy atom. The molecule has 5 heteroatoms. The average molecular weight is 351 g/mol. The zero-order valence-electron chi connectivity index (χ0n) is 15.0. The minimum Gasteiger partial charge on any atom is -0.366 e. The Labute approximate surface area is 154 Å². The van der Waals surface area contributed by atoms with Gasteiger partial charge in [-0.15, -0.1) is 0 Å². The van der Waals surface area contributed by atoms with Gasteiger partial charge in [-0.1, -0.05) is 43.3 Å². The third-order valence-corrected chi connectivity index (χ3v) is 5.18. The lowest BCUT2D eigenvalue weighted by atomic mass is 9.81. The van der Waals surface area contributed by atoms with Crippen LogP contribution in [0.15, 0.2) is 30.6 Å². The molecule has 0 aliphatic heterocycles. The second-order valence-corrected chi connectivity index (χ2v) is 7.19. The number of carbonyl (C=O) groups excluding carboxylic acids is 2. The smallest absolute Gasteiger partial charge is 0.250 e. The van der Waals surface area contributed by atoms with Crippen LogP contribution >= 0.6 is 0 Å². The molecule has 1 aromatic heterocycles. The fraction of sp³-hybridized carbons (Fsp3) is 0.476. The van der Waals surface area contributed by atoms with Gasteiger partial charge in [0.1, 0.15) is 5.54 Å². The summed E-state index contributed by atoms with van der Waals surface area (Å²) in [4.78, 5) is 28.1. The van der Waals surface area contributed by atoms with Crippen molar-refractivity contribution in [3.05, 3.63) is 41.7 Å². The van der Waals surface area contributed by atoms with Crippen LogP contribution in [-0.4, -0.2) is 22.3 Å². The summed E-state index contributed by atoms with van der Waals surface area (Å²) in [7, 11) is 0. The summed E-state index contributed by atoms with van der Waals surface area (Å²) in [6.07, 6.45) is 14.9. The van der Waals surface area contributed by atoms with Crippen LogP contribution in [0.2, 0.25) is 0 Å². The largest absolute Gasteiger partial charge is 0.366 e. The van der Waals surface area contributed by atoms with Crippen molar-refractivity contribution in [2.45, 2.75) is 56.9 Å². The Morgan fingerprint density at radius 1 is 1.19 bits per heavy atom. The van der Waals surface area contributed by atoms with Crippen molar-refractivity contribution in [2.24, 2.45) is 11.7 Å². The first kappa shape index (κ1) is 18.2. The molecule has 0 radical (unpaired) electrons. The third kappa shape index (κ3) is 4.51. The molecule has 1 heterocycles. The van der Waals surface area contributed by atoms with E-state index < -0.39 is 11.4 Å². The SMILES string of the molecule is NC(=O)c1cncc(C#CC2(NC(=O)[C@@H]3CC=CCC3)CCCCC2)c1. The molecule has 2 amide bonds. The lowest BCUT2D eigenvalue weighted by Gasteiger charge is -2.35. The monoisotopic (exact) mass is 351 g/mol. The first-order valence-electron chi connectivity index (χ1n) is 9.33. The number of rotatable bonds is 3. The molecule has 1 fully saturated rings. The fourth-order valence-corrected chi connectivity index (χ4v) is 3.64. The van der Waals surface area contributed by atoms with E-state index in [-0.39, 0.29) is 11.8 Å². The van der Waals surface area contributed by atoms with Crippen LogP contribution in [0, 0.1) is 17.8 Å². The third-order valence-electron chi connectivity index (χ3n) is 5.18. The topological polar surface area (TPSA) is 85.1 Å². The van der Waals surface area contributed by atoms with E-state index in [1.807, 2.05) is 0 Å². The van der Waals surface area contributed by atoms with Crippen molar-refractivity contribution in [3.8, 4) is 11.8 Å². The summed E-state index contributed by atoms with van der Waals surface area (Å²) in [6, 6.07) is 1.65. The molecule has 0 unspecified atom stereocenters. The van der Waals surface area contributed by atoms with Crippen LogP contribution in [0.5, 0.6) is 0 Å². The molecule has 5 nitrogen and oxygen atoms in total. The zero-order valence-corrected chi connectivity index (χ0v) is 15.0. The van der Waals surface area contributed by atoms with Crippen LogP contribution in [0.3, 0.4) is 0 Å². The Morgan fingerprint density at radius 3 is 2.69 bits per heavy atom. The quantitative estimate of drug-likeness (QED) is 0.648. The average Bonchev–Trinajstić information content (AvgIpc) is 2.68. The van der Waals surface area contributed by atoms with Gasteiger partial charge in [0.05, 0.1) is 5.56 Å². The highest BCUT2D eigenvalue weighted by Gasteiger charge is 2.33. The van der Waals surface area contributed by atoms with E-state index in [2.05, 4.69) is 34.3 Å². The van der Waals surface area contributed by atoms with Gasteiger partial charge in [0.2, 0.25) is 11.8 Å². The molecule has 0 saturated heterocycles. The maximum absolute atomic E-state index is 12.7. The van der Waals surface area contributed by atoms with E-state index in [9.17, 15) is 9.59 Å². The standard InChI is InChI=1S/C21H25N3O2/c22-19(25)18-13-16(14-23-15-18)9-12-21(10-5-2-6-11-21)24-20(26)17-7-3-1-4-8-17/h1,3,13-15,17H,2,4-8,10-11H2,(H2,22,25)(H,24,26)/t17-/m1/s1. The van der Waals surface area contributed by atoms with Crippen LogP contribution in [0.1, 0.15) is 67.3 Å². The summed E-state index contributed by atoms with van der Waals surface area (Å²) in [5.41, 5.74) is 5.80. The zero-order chi connectivity index (χ0) is 18.4. The van der Waals surface area contributed by atoms with Gasteiger partial charge < -0.3 is 11.1 Å². The number of pyridine rings is 1. The van der Waals surface area contributed by atoms with E-state index in [1.54, 1.807) is 12.3 Å². The number of hydrogen-bond acceptors (Lipinski definition) is 3. The van der Waals surface area contributed by atoms with Crippen molar-refractivity contribution in [1.82, 2.24) is 10.3 Å². The van der Waals surface area contributed by atoms with Gasteiger partial charge in [0, 0.05) is 23.9 Å². The molecule has 1 aromatic rings. The molecule has 3 rings (SSSR count). The number of aromatic nitrogens is 1. The van der Waals surface area contributed by atoms with Gasteiger partial charge in [-0.2, -0.15) is 0 Å². The molecule has 0 aromatic carbocycles. The Kier molecular flexibility index (Phi) is 5.72. The van der Waals surface area contributed by atoms with Crippen LogP contribution in [0.25, 0.3) is 0 Å². The molecule has 0 bridgehead atoms. The highest BCUT2D eigenvalue weighted by Crippen LogP contribution is 2.29. The van der Waals surface area contributed by atoms with Gasteiger partial charge in [-0.3, -0.25) is 14.6 Å². The maximum Gasteiger partial charge on any atom is 0.250 e. The highest BCUT2D eigenvalue weighted by molar-refractivity contribution is 5.92. The fourth-order valence-electron chi connectivity index (χ4n) is 3.64. The summed E-state index contributed by atoms with van der Waals surface area (Å²) in [5.74, 6) is 6.03. The lowest BCUT2D eigenvalue weighted by molar-refractivity contribution is -0.126. The molecule has 3 N–H and O–H groups in total. The molecule has 1 saturated carbocycles. The number of amides is 2. The van der Waals surface area contributed by atoms with Gasteiger partial charge in [-0.05, 0) is 38.2 Å². The van der Waals surface area contributed by atoms with Crippen molar-refractivity contribution in [2.75, 3.05) is 0 Å². The summed E-state index contributed by atoms with van der Waals surface area (Å²) in [5, 5.41) is 3.25. The Hall–Kier alpha value is -2.61. The molecule has 0 spiro atoms. The number of nitrogens with zero attached hydrogens (tertiary/aromatic N) is 1. The normalized spacial score (nSPS) is 21.3. The summed E-state index contributed by atoms with van der Waals surface area (Å²) < 4.78 is 0. The van der Waals surface area contributed by atoms with Gasteiger partial charge >= 0.3 is 0 Å². The number of hydrogen-bond donors (Lipinski definition) is 2. The van der Waals surface area contributed by atoms with Crippen LogP contribution in [-0.2, 0) is 4.79 Å². The number of allylic oxidation sites excluding steroid dienone is 2. The minimum absolute atomic E-state index is 0.0421. The molecule has 2 aliphatic rings. The second-order valence-electron chi connectivity index (χ2n) is 7.19. The highest BCUT2D eigenvalue weighted by atomic mass is 16.2. The number of nitrogens with two attached hydrogens (primary N) is 1. The number of primary amides is 1. The van der Waals surface area contributed by atoms with E-state index in [0.29, 0.717) is 11.1 Å². The number of nitrogens with one attached hydrogen (secondary N) is 1. The minimum atomic E-state index is -0.521. The molecule has 1 atom stereocenters. The predicted octanol–water partition coefficient (Wildman–Crippen LogP) is 2.71. The maximum atomic E-state index is 12.7. The van der Waals surface area contributed by atoms with E-state index in [1.165, 1.54) is 12.6 Å². The second kappa shape index (κ2) is 8.18. The van der Waals surface area contributed by atoms with E-state index >= 15 is 0 Å². The lowest BCUT2D eigenvalue weighted by Crippen LogP contribution is -2.50. The van der Waals surface area contributed by atoms with Gasteiger partial charge in [0.15, 0.2) is 0 Å². The Bertz CT molecular complexity index is 767. The Balaban J connectivity index is 1.80. The molecular formula is C21H25N3O2.